The van der Waals surface area contributed by atoms with Crippen molar-refractivity contribution < 1.29 is 13.5 Å². The zero-order valence-corrected chi connectivity index (χ0v) is 15.4. The molecule has 29 heavy (non-hydrogen) atoms. The Morgan fingerprint density at radius 3 is 2.69 bits per heavy atom. The standard InChI is InChI=1S/C21H22F2N4O.CH4/c22-20(23)28-17-11-15(13-27-10-7-25-19(17)27)26-8-5-21(6-9-26)12-14-3-1-2-4-16(14)18(21)24;/h1-4,7,10-11,13,18,20H,5-6,8-9,12,24H2;1H4/t18-;/m1./s1. The molecule has 1 spiro atoms. The topological polar surface area (TPSA) is 55.8 Å². The van der Waals surface area contributed by atoms with Crippen LogP contribution in [0.2, 0.25) is 0 Å². The summed E-state index contributed by atoms with van der Waals surface area (Å²) in [6.45, 7) is -1.22. The number of rotatable bonds is 3. The van der Waals surface area contributed by atoms with E-state index in [0.717, 1.165) is 38.0 Å². The number of aromatic nitrogens is 2. The van der Waals surface area contributed by atoms with Crippen LogP contribution < -0.4 is 15.4 Å². The summed E-state index contributed by atoms with van der Waals surface area (Å²) in [6, 6.07) is 10.2. The van der Waals surface area contributed by atoms with Crippen molar-refractivity contribution in [1.82, 2.24) is 9.38 Å². The Morgan fingerprint density at radius 2 is 1.97 bits per heavy atom. The fourth-order valence-corrected chi connectivity index (χ4v) is 4.86. The molecule has 1 aliphatic heterocycles. The number of fused-ring (bicyclic) bond motifs is 2. The number of anilines is 1. The Balaban J connectivity index is 0.00000205. The van der Waals surface area contributed by atoms with Gasteiger partial charge in [-0.25, -0.2) is 4.98 Å². The van der Waals surface area contributed by atoms with Crippen molar-refractivity contribution in [3.8, 4) is 5.75 Å². The smallest absolute Gasteiger partial charge is 0.387 e. The number of imidazole rings is 1. The minimum absolute atomic E-state index is 0. The highest BCUT2D eigenvalue weighted by molar-refractivity contribution is 5.62. The van der Waals surface area contributed by atoms with Crippen molar-refractivity contribution in [2.45, 2.75) is 39.3 Å². The lowest BCUT2D eigenvalue weighted by molar-refractivity contribution is -0.0491. The molecule has 5 rings (SSSR count). The average Bonchev–Trinajstić information content (AvgIpc) is 3.26. The van der Waals surface area contributed by atoms with Crippen molar-refractivity contribution in [1.29, 1.82) is 0 Å². The number of benzene rings is 1. The summed E-state index contributed by atoms with van der Waals surface area (Å²) >= 11 is 0. The molecule has 3 heterocycles. The quantitative estimate of drug-likeness (QED) is 0.707. The van der Waals surface area contributed by atoms with Crippen LogP contribution in [0.25, 0.3) is 5.65 Å². The summed E-state index contributed by atoms with van der Waals surface area (Å²) in [5, 5.41) is 0. The molecule has 2 aromatic heterocycles. The predicted molar refractivity (Wildman–Crippen MR) is 110 cm³/mol. The maximum atomic E-state index is 12.8. The molecular formula is C22H26F2N4O. The molecule has 2 N–H and O–H groups in total. The largest absolute Gasteiger partial charge is 0.431 e. The van der Waals surface area contributed by atoms with Crippen LogP contribution >= 0.6 is 0 Å². The maximum Gasteiger partial charge on any atom is 0.387 e. The number of nitrogens with zero attached hydrogens (tertiary/aromatic N) is 3. The van der Waals surface area contributed by atoms with Gasteiger partial charge in [0, 0.05) is 43.8 Å². The number of halogens is 2. The second-order valence-electron chi connectivity index (χ2n) is 7.80. The Morgan fingerprint density at radius 1 is 1.21 bits per heavy atom. The van der Waals surface area contributed by atoms with E-state index < -0.39 is 6.61 Å². The van der Waals surface area contributed by atoms with E-state index in [-0.39, 0.29) is 24.6 Å². The molecule has 1 aromatic carbocycles. The van der Waals surface area contributed by atoms with E-state index in [1.165, 1.54) is 11.1 Å². The fraction of sp³-hybridized carbons (Fsp3) is 0.409. The van der Waals surface area contributed by atoms with Crippen LogP contribution in [0.3, 0.4) is 0 Å². The Bertz CT molecular complexity index is 1010. The first-order valence-corrected chi connectivity index (χ1v) is 9.56. The van der Waals surface area contributed by atoms with Crippen molar-refractivity contribution in [3.05, 3.63) is 60.0 Å². The van der Waals surface area contributed by atoms with Gasteiger partial charge in [0.1, 0.15) is 0 Å². The van der Waals surface area contributed by atoms with Gasteiger partial charge in [0.25, 0.3) is 0 Å². The van der Waals surface area contributed by atoms with E-state index in [2.05, 4.69) is 34.1 Å². The molecule has 1 fully saturated rings. The van der Waals surface area contributed by atoms with Crippen LogP contribution in [0.4, 0.5) is 14.5 Å². The van der Waals surface area contributed by atoms with Gasteiger partial charge in [-0.05, 0) is 35.8 Å². The third-order valence-electron chi connectivity index (χ3n) is 6.37. The van der Waals surface area contributed by atoms with Gasteiger partial charge < -0.3 is 19.8 Å². The summed E-state index contributed by atoms with van der Waals surface area (Å²) in [6.07, 6.45) is 8.19. The lowest BCUT2D eigenvalue weighted by Crippen LogP contribution is -2.44. The second kappa shape index (κ2) is 7.30. The molecular weight excluding hydrogens is 374 g/mol. The van der Waals surface area contributed by atoms with Crippen LogP contribution in [0.15, 0.2) is 48.9 Å². The first kappa shape index (κ1) is 19.6. The third-order valence-corrected chi connectivity index (χ3v) is 6.37. The van der Waals surface area contributed by atoms with Gasteiger partial charge in [-0.2, -0.15) is 8.78 Å². The number of ether oxygens (including phenoxy) is 1. The molecule has 0 saturated carbocycles. The van der Waals surface area contributed by atoms with Gasteiger partial charge in [0.2, 0.25) is 0 Å². The van der Waals surface area contributed by atoms with E-state index in [1.54, 1.807) is 22.9 Å². The number of hydrogen-bond acceptors (Lipinski definition) is 4. The molecule has 0 bridgehead atoms. The van der Waals surface area contributed by atoms with Crippen molar-refractivity contribution in [3.63, 3.8) is 0 Å². The van der Waals surface area contributed by atoms with Gasteiger partial charge >= 0.3 is 6.61 Å². The first-order valence-electron chi connectivity index (χ1n) is 9.56. The molecule has 0 amide bonds. The van der Waals surface area contributed by atoms with Crippen LogP contribution in [0.5, 0.6) is 5.75 Å². The third kappa shape index (κ3) is 3.23. The van der Waals surface area contributed by atoms with E-state index in [9.17, 15) is 8.78 Å². The number of pyridine rings is 1. The summed E-state index contributed by atoms with van der Waals surface area (Å²) in [4.78, 5) is 6.34. The zero-order valence-electron chi connectivity index (χ0n) is 15.4. The van der Waals surface area contributed by atoms with Gasteiger partial charge in [-0.15, -0.1) is 0 Å². The summed E-state index contributed by atoms with van der Waals surface area (Å²) < 4.78 is 32.1. The molecule has 3 aromatic rings. The van der Waals surface area contributed by atoms with Gasteiger partial charge in [0.05, 0.1) is 5.69 Å². The zero-order chi connectivity index (χ0) is 19.3. The van der Waals surface area contributed by atoms with Crippen molar-refractivity contribution in [2.75, 3.05) is 18.0 Å². The molecule has 2 aliphatic rings. The van der Waals surface area contributed by atoms with Gasteiger partial charge in [-0.3, -0.25) is 0 Å². The number of alkyl halides is 2. The monoisotopic (exact) mass is 400 g/mol. The normalized spacial score (nSPS) is 20.1. The molecule has 154 valence electrons. The van der Waals surface area contributed by atoms with E-state index >= 15 is 0 Å². The summed E-state index contributed by atoms with van der Waals surface area (Å²) in [5.74, 6) is 0.0998. The summed E-state index contributed by atoms with van der Waals surface area (Å²) in [5.41, 5.74) is 10.6. The second-order valence-corrected chi connectivity index (χ2v) is 7.80. The highest BCUT2D eigenvalue weighted by Gasteiger charge is 2.45. The molecule has 1 atom stereocenters. The summed E-state index contributed by atoms with van der Waals surface area (Å²) in [7, 11) is 0. The average molecular weight is 400 g/mol. The van der Waals surface area contributed by atoms with Crippen LogP contribution in [-0.4, -0.2) is 29.1 Å². The maximum absolute atomic E-state index is 12.8. The Kier molecular flexibility index (Phi) is 4.94. The van der Waals surface area contributed by atoms with Crippen molar-refractivity contribution >= 4 is 11.3 Å². The van der Waals surface area contributed by atoms with E-state index in [0.29, 0.717) is 5.65 Å². The molecule has 0 radical (unpaired) electrons. The number of nitrogens with two attached hydrogens (primary N) is 1. The highest BCUT2D eigenvalue weighted by Crippen LogP contribution is 2.51. The van der Waals surface area contributed by atoms with Crippen LogP contribution in [0, 0.1) is 5.41 Å². The predicted octanol–water partition coefficient (Wildman–Crippen LogP) is 4.41. The van der Waals surface area contributed by atoms with Gasteiger partial charge in [-0.1, -0.05) is 31.7 Å². The Hall–Kier alpha value is -2.67. The molecule has 7 heteroatoms. The minimum Gasteiger partial charge on any atom is -0.431 e. The molecule has 0 unspecified atom stereocenters. The number of piperidine rings is 1. The van der Waals surface area contributed by atoms with Crippen LogP contribution in [0.1, 0.15) is 37.4 Å². The molecule has 1 aliphatic carbocycles. The Labute approximate surface area is 169 Å². The SMILES string of the molecule is C.N[C@@H]1c2ccccc2CC12CCN(c1cc(OC(F)F)c3nccn3c1)CC2. The fourth-order valence-electron chi connectivity index (χ4n) is 4.86. The van der Waals surface area contributed by atoms with E-state index in [1.807, 2.05) is 6.20 Å². The molecule has 5 nitrogen and oxygen atoms in total. The van der Waals surface area contributed by atoms with Crippen LogP contribution in [-0.2, 0) is 6.42 Å². The van der Waals surface area contributed by atoms with Crippen molar-refractivity contribution in [2.24, 2.45) is 11.1 Å². The van der Waals surface area contributed by atoms with E-state index in [4.69, 9.17) is 10.5 Å². The highest BCUT2D eigenvalue weighted by atomic mass is 19.3. The molecule has 1 saturated heterocycles. The minimum atomic E-state index is -2.88. The van der Waals surface area contributed by atoms with Gasteiger partial charge in [0.15, 0.2) is 11.4 Å². The lowest BCUT2D eigenvalue weighted by atomic mass is 9.73. The first-order chi connectivity index (χ1) is 13.6. The lowest BCUT2D eigenvalue weighted by Gasteiger charge is -2.43. The number of hydrogen-bond donors (Lipinski definition) is 1.